The number of aromatic nitrogens is 2. The van der Waals surface area contributed by atoms with Crippen LogP contribution in [0.3, 0.4) is 0 Å². The summed E-state index contributed by atoms with van der Waals surface area (Å²) < 4.78 is 2.23. The fraction of sp³-hybridized carbons (Fsp3) is 0.500. The normalized spacial score (nSPS) is 27.1. The second-order valence-corrected chi connectivity index (χ2v) is 5.54. The number of benzene rings is 1. The Morgan fingerprint density at radius 3 is 2.61 bits per heavy atom. The van der Waals surface area contributed by atoms with Crippen LogP contribution < -0.4 is 10.2 Å². The molecule has 2 atom stereocenters. The van der Waals surface area contributed by atoms with Crippen molar-refractivity contribution in [1.82, 2.24) is 14.9 Å². The van der Waals surface area contributed by atoms with Gasteiger partial charge >= 0.3 is 0 Å². The summed E-state index contributed by atoms with van der Waals surface area (Å²) in [6.45, 7) is 4.64. The molecular weight excluding hydrogens is 224 g/mol. The monoisotopic (exact) mass is 242 g/mol. The Bertz CT molecular complexity index is 576. The lowest BCUT2D eigenvalue weighted by molar-refractivity contribution is 0.533. The molecule has 3 heterocycles. The molecule has 0 amide bonds. The summed E-state index contributed by atoms with van der Waals surface area (Å²) >= 11 is 0. The van der Waals surface area contributed by atoms with Crippen molar-refractivity contribution in [3.05, 3.63) is 24.3 Å². The molecule has 18 heavy (non-hydrogen) atoms. The smallest absolute Gasteiger partial charge is 0.206 e. The van der Waals surface area contributed by atoms with Crippen LogP contribution in [0.15, 0.2) is 24.3 Å². The molecule has 0 spiro atoms. The number of nitrogens with zero attached hydrogens (tertiary/aromatic N) is 3. The van der Waals surface area contributed by atoms with Crippen molar-refractivity contribution in [3.8, 4) is 0 Å². The Balaban J connectivity index is 1.73. The largest absolute Gasteiger partial charge is 0.342 e. The van der Waals surface area contributed by atoms with E-state index < -0.39 is 0 Å². The van der Waals surface area contributed by atoms with E-state index in [4.69, 9.17) is 4.98 Å². The quantitative estimate of drug-likeness (QED) is 0.816. The Morgan fingerprint density at radius 1 is 1.17 bits per heavy atom. The predicted octanol–water partition coefficient (Wildman–Crippen LogP) is 1.23. The molecular formula is C14H18N4. The number of hydrogen-bond donors (Lipinski definition) is 1. The maximum Gasteiger partial charge on any atom is 0.206 e. The second-order valence-electron chi connectivity index (χ2n) is 5.54. The van der Waals surface area contributed by atoms with Gasteiger partial charge in [0.15, 0.2) is 0 Å². The number of hydrogen-bond acceptors (Lipinski definition) is 3. The topological polar surface area (TPSA) is 33.1 Å². The Kier molecular flexibility index (Phi) is 2.14. The minimum Gasteiger partial charge on any atom is -0.342 e. The maximum atomic E-state index is 4.79. The van der Waals surface area contributed by atoms with Crippen LogP contribution in [0.2, 0.25) is 0 Å². The van der Waals surface area contributed by atoms with Gasteiger partial charge in [-0.25, -0.2) is 4.98 Å². The van der Waals surface area contributed by atoms with E-state index in [2.05, 4.69) is 46.1 Å². The summed E-state index contributed by atoms with van der Waals surface area (Å²) in [5.74, 6) is 2.75. The zero-order valence-electron chi connectivity index (χ0n) is 10.6. The fourth-order valence-electron chi connectivity index (χ4n) is 3.43. The third-order valence-electron chi connectivity index (χ3n) is 4.44. The first-order valence-electron chi connectivity index (χ1n) is 6.70. The molecule has 2 fully saturated rings. The van der Waals surface area contributed by atoms with Gasteiger partial charge in [-0.15, -0.1) is 0 Å². The maximum absolute atomic E-state index is 4.79. The molecule has 4 heteroatoms. The van der Waals surface area contributed by atoms with Gasteiger partial charge in [-0.1, -0.05) is 12.1 Å². The van der Waals surface area contributed by atoms with Crippen LogP contribution in [-0.2, 0) is 7.05 Å². The summed E-state index contributed by atoms with van der Waals surface area (Å²) in [4.78, 5) is 7.24. The van der Waals surface area contributed by atoms with Gasteiger partial charge in [0.1, 0.15) is 0 Å². The van der Waals surface area contributed by atoms with E-state index in [1.54, 1.807) is 0 Å². The van der Waals surface area contributed by atoms with E-state index in [-0.39, 0.29) is 0 Å². The van der Waals surface area contributed by atoms with Gasteiger partial charge in [0.2, 0.25) is 5.95 Å². The lowest BCUT2D eigenvalue weighted by Crippen LogP contribution is -2.27. The first-order chi connectivity index (χ1) is 8.83. The van der Waals surface area contributed by atoms with Crippen LogP contribution in [-0.4, -0.2) is 35.7 Å². The molecule has 4 rings (SSSR count). The number of imidazole rings is 1. The van der Waals surface area contributed by atoms with E-state index in [1.807, 2.05) is 0 Å². The number of anilines is 1. The number of fused-ring (bicyclic) bond motifs is 2. The number of aryl methyl sites for hydroxylation is 1. The van der Waals surface area contributed by atoms with Crippen molar-refractivity contribution in [2.45, 2.75) is 0 Å². The molecule has 2 aliphatic heterocycles. The molecule has 0 radical (unpaired) electrons. The summed E-state index contributed by atoms with van der Waals surface area (Å²) in [7, 11) is 2.12. The van der Waals surface area contributed by atoms with Crippen LogP contribution in [0.1, 0.15) is 0 Å². The van der Waals surface area contributed by atoms with Gasteiger partial charge in [-0.2, -0.15) is 0 Å². The summed E-state index contributed by atoms with van der Waals surface area (Å²) in [5.41, 5.74) is 2.33. The standard InChI is InChI=1S/C14H18N4/c1-17-13-5-3-2-4-12(13)16-14(17)18-8-10-6-15-7-11(10)9-18/h2-5,10-11,15H,6-9H2,1H3. The van der Waals surface area contributed by atoms with Crippen molar-refractivity contribution in [2.75, 3.05) is 31.1 Å². The average Bonchev–Trinajstić information content (AvgIpc) is 3.02. The molecule has 4 nitrogen and oxygen atoms in total. The first-order valence-corrected chi connectivity index (χ1v) is 6.70. The van der Waals surface area contributed by atoms with Gasteiger partial charge < -0.3 is 14.8 Å². The molecule has 2 aliphatic rings. The molecule has 1 aromatic heterocycles. The Hall–Kier alpha value is -1.55. The average molecular weight is 242 g/mol. The molecule has 2 saturated heterocycles. The highest BCUT2D eigenvalue weighted by Crippen LogP contribution is 2.31. The van der Waals surface area contributed by atoms with E-state index in [1.165, 1.54) is 18.6 Å². The van der Waals surface area contributed by atoms with Crippen LogP contribution >= 0.6 is 0 Å². The SMILES string of the molecule is Cn1c(N2CC3CNCC3C2)nc2ccccc21. The lowest BCUT2D eigenvalue weighted by atomic mass is 10.0. The highest BCUT2D eigenvalue weighted by atomic mass is 15.3. The predicted molar refractivity (Wildman–Crippen MR) is 72.8 cm³/mol. The van der Waals surface area contributed by atoms with E-state index >= 15 is 0 Å². The third-order valence-corrected chi connectivity index (χ3v) is 4.44. The molecule has 0 aliphatic carbocycles. The van der Waals surface area contributed by atoms with Gasteiger partial charge in [0, 0.05) is 33.2 Å². The van der Waals surface area contributed by atoms with Crippen molar-refractivity contribution >= 4 is 17.0 Å². The molecule has 1 N–H and O–H groups in total. The zero-order chi connectivity index (χ0) is 12.1. The second kappa shape index (κ2) is 3.72. The van der Waals surface area contributed by atoms with Crippen molar-refractivity contribution in [1.29, 1.82) is 0 Å². The summed E-state index contributed by atoms with van der Waals surface area (Å²) in [6.07, 6.45) is 0. The molecule has 1 aromatic carbocycles. The molecule has 2 unspecified atom stereocenters. The number of rotatable bonds is 1. The molecule has 0 saturated carbocycles. The minimum absolute atomic E-state index is 0.810. The van der Waals surface area contributed by atoms with Crippen LogP contribution in [0.4, 0.5) is 5.95 Å². The molecule has 0 bridgehead atoms. The molecule has 94 valence electrons. The van der Waals surface area contributed by atoms with Crippen LogP contribution in [0.5, 0.6) is 0 Å². The van der Waals surface area contributed by atoms with Gasteiger partial charge in [-0.3, -0.25) is 0 Å². The van der Waals surface area contributed by atoms with E-state index in [9.17, 15) is 0 Å². The zero-order valence-corrected chi connectivity index (χ0v) is 10.6. The lowest BCUT2D eigenvalue weighted by Gasteiger charge is -2.18. The van der Waals surface area contributed by atoms with Gasteiger partial charge in [0.25, 0.3) is 0 Å². The third kappa shape index (κ3) is 1.38. The minimum atomic E-state index is 0.810. The highest BCUT2D eigenvalue weighted by molar-refractivity contribution is 5.78. The van der Waals surface area contributed by atoms with Crippen molar-refractivity contribution in [2.24, 2.45) is 18.9 Å². The fourth-order valence-corrected chi connectivity index (χ4v) is 3.43. The Morgan fingerprint density at radius 2 is 1.89 bits per heavy atom. The summed E-state index contributed by atoms with van der Waals surface area (Å²) in [6, 6.07) is 8.37. The van der Waals surface area contributed by atoms with Crippen LogP contribution in [0.25, 0.3) is 11.0 Å². The summed E-state index contributed by atoms with van der Waals surface area (Å²) in [5, 5.41) is 3.48. The van der Waals surface area contributed by atoms with Gasteiger partial charge in [0.05, 0.1) is 11.0 Å². The number of para-hydroxylation sites is 2. The Labute approximate surface area is 107 Å². The van der Waals surface area contributed by atoms with Gasteiger partial charge in [-0.05, 0) is 24.0 Å². The van der Waals surface area contributed by atoms with Crippen molar-refractivity contribution in [3.63, 3.8) is 0 Å². The van der Waals surface area contributed by atoms with Crippen LogP contribution in [0, 0.1) is 11.8 Å². The van der Waals surface area contributed by atoms with E-state index in [0.717, 1.165) is 36.4 Å². The van der Waals surface area contributed by atoms with E-state index in [0.29, 0.717) is 0 Å². The number of nitrogens with one attached hydrogen (secondary N) is 1. The highest BCUT2D eigenvalue weighted by Gasteiger charge is 2.37. The molecule has 2 aromatic rings. The van der Waals surface area contributed by atoms with Crippen molar-refractivity contribution < 1.29 is 0 Å². The first kappa shape index (κ1) is 10.4.